The fraction of sp³-hybridized carbons (Fsp3) is 0.417. The van der Waals surface area contributed by atoms with Crippen molar-refractivity contribution in [3.8, 4) is 0 Å². The molecule has 14 heavy (non-hydrogen) atoms. The summed E-state index contributed by atoms with van der Waals surface area (Å²) < 4.78 is 0. The van der Waals surface area contributed by atoms with Crippen LogP contribution in [0.5, 0.6) is 0 Å². The summed E-state index contributed by atoms with van der Waals surface area (Å²) in [5, 5.41) is 2.86. The summed E-state index contributed by atoms with van der Waals surface area (Å²) in [7, 11) is 0. The lowest BCUT2D eigenvalue weighted by atomic mass is 10.0. The van der Waals surface area contributed by atoms with Gasteiger partial charge in [-0.05, 0) is 24.5 Å². The quantitative estimate of drug-likeness (QED) is 0.629. The van der Waals surface area contributed by atoms with Gasteiger partial charge in [-0.1, -0.05) is 32.1 Å². The summed E-state index contributed by atoms with van der Waals surface area (Å²) in [6.45, 7) is 4.00. The van der Waals surface area contributed by atoms with E-state index < -0.39 is 0 Å². The Morgan fingerprint density at radius 2 is 1.93 bits per heavy atom. The van der Waals surface area contributed by atoms with Crippen LogP contribution in [0.25, 0.3) is 0 Å². The van der Waals surface area contributed by atoms with Crippen molar-refractivity contribution >= 4 is 5.91 Å². The standard InChI is InChI=1S/C10H11NO.C2H6.H2/c12-10-7-6-8-4-2-1-3-5-9(8)11-10;1-2;/h2-5H,1,6-7H2,(H,11,12);1-2H3;1H. The second-order valence-corrected chi connectivity index (χ2v) is 3.03. The molecule has 2 nitrogen and oxygen atoms in total. The van der Waals surface area contributed by atoms with E-state index in [2.05, 4.69) is 23.5 Å². The molecule has 0 spiro atoms. The Morgan fingerprint density at radius 3 is 2.71 bits per heavy atom. The van der Waals surface area contributed by atoms with Gasteiger partial charge in [-0.3, -0.25) is 4.79 Å². The third-order valence-corrected chi connectivity index (χ3v) is 2.12. The Labute approximate surface area is 86.9 Å². The van der Waals surface area contributed by atoms with Crippen molar-refractivity contribution in [1.29, 1.82) is 0 Å². The highest BCUT2D eigenvalue weighted by Crippen LogP contribution is 2.19. The first-order valence-corrected chi connectivity index (χ1v) is 5.22. The molecular weight excluding hydrogens is 174 g/mol. The monoisotopic (exact) mass is 193 g/mol. The summed E-state index contributed by atoms with van der Waals surface area (Å²) in [4.78, 5) is 11.0. The lowest BCUT2D eigenvalue weighted by Gasteiger charge is -2.15. The topological polar surface area (TPSA) is 29.1 Å². The summed E-state index contributed by atoms with van der Waals surface area (Å²) in [5.74, 6) is 0.133. The lowest BCUT2D eigenvalue weighted by Crippen LogP contribution is -2.26. The second-order valence-electron chi connectivity index (χ2n) is 3.03. The van der Waals surface area contributed by atoms with Crippen LogP contribution in [-0.4, -0.2) is 5.91 Å². The highest BCUT2D eigenvalue weighted by molar-refractivity contribution is 5.80. The molecule has 0 saturated carbocycles. The van der Waals surface area contributed by atoms with Gasteiger partial charge in [0.15, 0.2) is 0 Å². The number of hydrogen-bond acceptors (Lipinski definition) is 1. The first-order valence-electron chi connectivity index (χ1n) is 5.22. The fourth-order valence-corrected chi connectivity index (χ4v) is 1.47. The largest absolute Gasteiger partial charge is 0.326 e. The van der Waals surface area contributed by atoms with Gasteiger partial charge in [0.05, 0.1) is 0 Å². The van der Waals surface area contributed by atoms with Crippen molar-refractivity contribution in [2.75, 3.05) is 0 Å². The predicted octanol–water partition coefficient (Wildman–Crippen LogP) is 2.94. The third kappa shape index (κ3) is 2.59. The van der Waals surface area contributed by atoms with E-state index in [1.807, 2.05) is 19.9 Å². The van der Waals surface area contributed by atoms with Crippen molar-refractivity contribution < 1.29 is 6.22 Å². The lowest BCUT2D eigenvalue weighted by molar-refractivity contribution is -0.120. The van der Waals surface area contributed by atoms with Gasteiger partial charge >= 0.3 is 0 Å². The van der Waals surface area contributed by atoms with Gasteiger partial charge in [-0.15, -0.1) is 0 Å². The molecule has 0 atom stereocenters. The minimum atomic E-state index is 0. The van der Waals surface area contributed by atoms with Gasteiger partial charge in [0.2, 0.25) is 5.91 Å². The molecule has 0 fully saturated rings. The zero-order chi connectivity index (χ0) is 10.4. The van der Waals surface area contributed by atoms with Crippen LogP contribution in [0.3, 0.4) is 0 Å². The van der Waals surface area contributed by atoms with E-state index in [9.17, 15) is 4.79 Å². The summed E-state index contributed by atoms with van der Waals surface area (Å²) >= 11 is 0. The van der Waals surface area contributed by atoms with E-state index in [4.69, 9.17) is 0 Å². The Kier molecular flexibility index (Phi) is 4.17. The van der Waals surface area contributed by atoms with Gasteiger partial charge < -0.3 is 5.32 Å². The molecule has 0 saturated heterocycles. The van der Waals surface area contributed by atoms with Crippen molar-refractivity contribution in [2.45, 2.75) is 33.1 Å². The molecule has 0 aromatic carbocycles. The van der Waals surface area contributed by atoms with Gasteiger partial charge in [0.1, 0.15) is 0 Å². The Morgan fingerprint density at radius 1 is 1.21 bits per heavy atom. The number of allylic oxidation sites excluding steroid dienone is 5. The van der Waals surface area contributed by atoms with Gasteiger partial charge in [0, 0.05) is 13.5 Å². The minimum Gasteiger partial charge on any atom is -0.326 e. The van der Waals surface area contributed by atoms with Crippen molar-refractivity contribution in [2.24, 2.45) is 0 Å². The smallest absolute Gasteiger partial charge is 0.224 e. The molecule has 0 bridgehead atoms. The molecule has 0 aromatic rings. The SMILES string of the molecule is CC.O=C1CCC2=C(C=CCC=C2)N1.[HH]. The van der Waals surface area contributed by atoms with Crippen molar-refractivity contribution in [1.82, 2.24) is 5.32 Å². The Hall–Kier alpha value is -1.31. The van der Waals surface area contributed by atoms with Crippen LogP contribution in [0, 0.1) is 0 Å². The molecule has 0 unspecified atom stereocenters. The highest BCUT2D eigenvalue weighted by atomic mass is 16.1. The zero-order valence-corrected chi connectivity index (χ0v) is 8.84. The van der Waals surface area contributed by atoms with Crippen LogP contribution in [0.4, 0.5) is 0 Å². The first-order chi connectivity index (χ1) is 6.86. The van der Waals surface area contributed by atoms with Crippen LogP contribution < -0.4 is 5.32 Å². The van der Waals surface area contributed by atoms with E-state index in [1.165, 1.54) is 5.57 Å². The van der Waals surface area contributed by atoms with Crippen molar-refractivity contribution in [3.05, 3.63) is 35.6 Å². The molecule has 0 aromatic heterocycles. The number of amides is 1. The third-order valence-electron chi connectivity index (χ3n) is 2.12. The zero-order valence-electron chi connectivity index (χ0n) is 8.84. The van der Waals surface area contributed by atoms with E-state index in [1.54, 1.807) is 0 Å². The van der Waals surface area contributed by atoms with E-state index in [-0.39, 0.29) is 7.33 Å². The molecule has 1 N–H and O–H groups in total. The van der Waals surface area contributed by atoms with Crippen LogP contribution in [-0.2, 0) is 4.79 Å². The first kappa shape index (κ1) is 10.8. The van der Waals surface area contributed by atoms with Crippen LogP contribution in [0.1, 0.15) is 34.5 Å². The maximum Gasteiger partial charge on any atom is 0.224 e. The normalized spacial score (nSPS) is 19.1. The second kappa shape index (κ2) is 5.43. The molecular formula is C12H19NO. The average molecular weight is 193 g/mol. The van der Waals surface area contributed by atoms with Crippen LogP contribution in [0.2, 0.25) is 0 Å². The molecule has 2 heteroatoms. The summed E-state index contributed by atoms with van der Waals surface area (Å²) in [5.41, 5.74) is 2.24. The fourth-order valence-electron chi connectivity index (χ4n) is 1.47. The maximum atomic E-state index is 11.0. The average Bonchev–Trinajstić information content (AvgIpc) is 2.45. The molecule has 1 aliphatic heterocycles. The van der Waals surface area contributed by atoms with E-state index in [0.717, 1.165) is 18.5 Å². The maximum absolute atomic E-state index is 11.0. The van der Waals surface area contributed by atoms with Gasteiger partial charge in [-0.25, -0.2) is 0 Å². The molecule has 1 amide bonds. The number of hydrogen-bond donors (Lipinski definition) is 1. The number of carbonyl (C=O) groups excluding carboxylic acids is 1. The summed E-state index contributed by atoms with van der Waals surface area (Å²) in [6, 6.07) is 0. The molecule has 78 valence electrons. The molecule has 2 aliphatic rings. The molecule has 0 radical (unpaired) electrons. The Bertz CT molecular complexity index is 303. The summed E-state index contributed by atoms with van der Waals surface area (Å²) in [6.07, 6.45) is 10.7. The van der Waals surface area contributed by atoms with Crippen LogP contribution >= 0.6 is 0 Å². The number of carbonyl (C=O) groups is 1. The van der Waals surface area contributed by atoms with Crippen LogP contribution in [0.15, 0.2) is 35.6 Å². The molecule has 1 aliphatic carbocycles. The van der Waals surface area contributed by atoms with Gasteiger partial charge in [0.25, 0.3) is 0 Å². The number of nitrogens with one attached hydrogen (secondary N) is 1. The predicted molar refractivity (Wildman–Crippen MR) is 60.8 cm³/mol. The highest BCUT2D eigenvalue weighted by Gasteiger charge is 2.14. The minimum absolute atomic E-state index is 0. The number of rotatable bonds is 0. The van der Waals surface area contributed by atoms with E-state index >= 15 is 0 Å². The molecule has 2 rings (SSSR count). The Balaban J connectivity index is 0.000000617. The van der Waals surface area contributed by atoms with Gasteiger partial charge in [-0.2, -0.15) is 0 Å². The molecule has 1 heterocycles. The van der Waals surface area contributed by atoms with E-state index in [0.29, 0.717) is 6.42 Å². The van der Waals surface area contributed by atoms with Crippen molar-refractivity contribution in [3.63, 3.8) is 0 Å².